The minimum absolute atomic E-state index is 0.0118. The molecule has 196 valence electrons. The van der Waals surface area contributed by atoms with Crippen LogP contribution in [-0.2, 0) is 26.2 Å². The van der Waals surface area contributed by atoms with Crippen molar-refractivity contribution in [2.75, 3.05) is 17.1 Å². The van der Waals surface area contributed by atoms with Crippen molar-refractivity contribution in [3.8, 4) is 0 Å². The van der Waals surface area contributed by atoms with Crippen LogP contribution >= 0.6 is 11.6 Å². The Hall–Kier alpha value is -2.65. The Morgan fingerprint density at radius 2 is 1.83 bits per heavy atom. The molecule has 1 aliphatic carbocycles. The zero-order chi connectivity index (χ0) is 26.3. The lowest BCUT2D eigenvalue weighted by Crippen LogP contribution is -2.49. The molecule has 0 spiro atoms. The fourth-order valence-corrected chi connectivity index (χ4v) is 5.56. The molecule has 0 bridgehead atoms. The van der Waals surface area contributed by atoms with Crippen LogP contribution in [0.5, 0.6) is 0 Å². The Morgan fingerprint density at radius 3 is 2.47 bits per heavy atom. The highest BCUT2D eigenvalue weighted by atomic mass is 35.5. The van der Waals surface area contributed by atoms with Crippen molar-refractivity contribution >= 4 is 39.1 Å². The van der Waals surface area contributed by atoms with Gasteiger partial charge in [-0.3, -0.25) is 13.9 Å². The molecule has 2 aromatic rings. The number of benzene rings is 2. The number of anilines is 1. The van der Waals surface area contributed by atoms with Gasteiger partial charge in [-0.1, -0.05) is 48.7 Å². The summed E-state index contributed by atoms with van der Waals surface area (Å²) in [6, 6.07) is 11.9. The fraction of sp³-hybridized carbons (Fsp3) is 0.462. The molecule has 1 saturated carbocycles. The van der Waals surface area contributed by atoms with E-state index in [9.17, 15) is 22.4 Å². The van der Waals surface area contributed by atoms with Crippen molar-refractivity contribution in [1.29, 1.82) is 0 Å². The summed E-state index contributed by atoms with van der Waals surface area (Å²) in [4.78, 5) is 27.6. The third-order valence-corrected chi connectivity index (χ3v) is 7.84. The molecule has 0 unspecified atom stereocenters. The third kappa shape index (κ3) is 7.67. The minimum Gasteiger partial charge on any atom is -0.352 e. The molecular formula is C26H33ClFN3O4S. The molecule has 0 radical (unpaired) electrons. The van der Waals surface area contributed by atoms with Gasteiger partial charge in [0, 0.05) is 36.1 Å². The van der Waals surface area contributed by atoms with E-state index in [1.54, 1.807) is 49.4 Å². The molecule has 2 amide bonds. The summed E-state index contributed by atoms with van der Waals surface area (Å²) < 4.78 is 40.4. The average molecular weight is 538 g/mol. The number of halogens is 2. The van der Waals surface area contributed by atoms with E-state index in [0.717, 1.165) is 31.9 Å². The first-order valence-corrected chi connectivity index (χ1v) is 14.4. The molecule has 1 fully saturated rings. The maximum absolute atomic E-state index is 14.4. The quantitative estimate of drug-likeness (QED) is 0.457. The molecule has 10 heteroatoms. The largest absolute Gasteiger partial charge is 0.352 e. The third-order valence-electron chi connectivity index (χ3n) is 6.42. The smallest absolute Gasteiger partial charge is 0.242 e. The van der Waals surface area contributed by atoms with Crippen molar-refractivity contribution in [2.24, 2.45) is 0 Å². The van der Waals surface area contributed by atoms with E-state index < -0.39 is 21.9 Å². The summed E-state index contributed by atoms with van der Waals surface area (Å²) in [5.74, 6) is -1.09. The average Bonchev–Trinajstić information content (AvgIpc) is 3.33. The van der Waals surface area contributed by atoms with Crippen LogP contribution in [0.3, 0.4) is 0 Å². The first kappa shape index (κ1) is 27.9. The van der Waals surface area contributed by atoms with E-state index in [0.29, 0.717) is 16.3 Å². The van der Waals surface area contributed by atoms with E-state index in [1.165, 1.54) is 15.3 Å². The van der Waals surface area contributed by atoms with Gasteiger partial charge in [-0.25, -0.2) is 12.8 Å². The molecule has 0 aromatic heterocycles. The van der Waals surface area contributed by atoms with Crippen molar-refractivity contribution in [2.45, 2.75) is 64.1 Å². The molecule has 0 saturated heterocycles. The number of amides is 2. The summed E-state index contributed by atoms with van der Waals surface area (Å²) in [6.07, 6.45) is 5.22. The second-order valence-electron chi connectivity index (χ2n) is 9.20. The van der Waals surface area contributed by atoms with Crippen molar-refractivity contribution in [1.82, 2.24) is 10.2 Å². The monoisotopic (exact) mass is 537 g/mol. The molecule has 7 nitrogen and oxygen atoms in total. The van der Waals surface area contributed by atoms with Gasteiger partial charge in [0.1, 0.15) is 11.9 Å². The highest BCUT2D eigenvalue weighted by Crippen LogP contribution is 2.23. The number of rotatable bonds is 11. The Morgan fingerprint density at radius 1 is 1.14 bits per heavy atom. The lowest BCUT2D eigenvalue weighted by atomic mass is 10.1. The van der Waals surface area contributed by atoms with Gasteiger partial charge in [-0.05, 0) is 50.5 Å². The Balaban J connectivity index is 1.72. The summed E-state index contributed by atoms with van der Waals surface area (Å²) in [5.41, 5.74) is 0.716. The number of nitrogens with zero attached hydrogens (tertiary/aromatic N) is 2. The standard InChI is InChI=1S/C26H33ClFN3O4S/c1-19(26(33)29-22-11-4-5-12-22)30(18-20-9-3-6-14-24(20)28)25(32)15-8-16-31(36(2,34)35)23-13-7-10-21(27)17-23/h3,6-7,9-10,13-14,17,19,22H,4-5,8,11-12,15-16,18H2,1-2H3,(H,29,33)/t19-/m1/s1. The molecular weight excluding hydrogens is 505 g/mol. The second-order valence-corrected chi connectivity index (χ2v) is 11.5. The maximum Gasteiger partial charge on any atom is 0.242 e. The summed E-state index contributed by atoms with van der Waals surface area (Å²) >= 11 is 6.03. The second kappa shape index (κ2) is 12.5. The van der Waals surface area contributed by atoms with Crippen LogP contribution < -0.4 is 9.62 Å². The van der Waals surface area contributed by atoms with Gasteiger partial charge < -0.3 is 10.2 Å². The summed E-state index contributed by atoms with van der Waals surface area (Å²) in [5, 5.41) is 3.41. The zero-order valence-electron chi connectivity index (χ0n) is 20.6. The normalized spacial score (nSPS) is 14.9. The van der Waals surface area contributed by atoms with Gasteiger partial charge in [0.25, 0.3) is 0 Å². The molecule has 36 heavy (non-hydrogen) atoms. The maximum atomic E-state index is 14.4. The van der Waals surface area contributed by atoms with Crippen LogP contribution in [0.4, 0.5) is 10.1 Å². The molecule has 1 aliphatic rings. The van der Waals surface area contributed by atoms with Gasteiger partial charge in [-0.2, -0.15) is 0 Å². The number of hydrogen-bond donors (Lipinski definition) is 1. The van der Waals surface area contributed by atoms with E-state index in [4.69, 9.17) is 11.6 Å². The Bertz CT molecular complexity index is 1170. The molecule has 1 N–H and O–H groups in total. The van der Waals surface area contributed by atoms with Crippen molar-refractivity contribution < 1.29 is 22.4 Å². The van der Waals surface area contributed by atoms with E-state index in [1.807, 2.05) is 0 Å². The molecule has 3 rings (SSSR count). The summed E-state index contributed by atoms with van der Waals surface area (Å²) in [7, 11) is -3.61. The highest BCUT2D eigenvalue weighted by molar-refractivity contribution is 7.92. The predicted molar refractivity (Wildman–Crippen MR) is 140 cm³/mol. The van der Waals surface area contributed by atoms with Crippen LogP contribution in [0.1, 0.15) is 51.0 Å². The number of carbonyl (C=O) groups is 2. The van der Waals surface area contributed by atoms with Crippen LogP contribution in [0.2, 0.25) is 5.02 Å². The zero-order valence-corrected chi connectivity index (χ0v) is 22.2. The van der Waals surface area contributed by atoms with Crippen molar-refractivity contribution in [3.63, 3.8) is 0 Å². The van der Waals surface area contributed by atoms with Crippen molar-refractivity contribution in [3.05, 3.63) is 64.9 Å². The number of hydrogen-bond acceptors (Lipinski definition) is 4. The van der Waals surface area contributed by atoms with Crippen LogP contribution in [-0.4, -0.2) is 50.0 Å². The SMILES string of the molecule is C[C@H](C(=O)NC1CCCC1)N(Cc1ccccc1F)C(=O)CCCN(c1cccc(Cl)c1)S(C)(=O)=O. The first-order chi connectivity index (χ1) is 17.1. The van der Waals surface area contributed by atoms with Crippen LogP contribution in [0.15, 0.2) is 48.5 Å². The van der Waals surface area contributed by atoms with E-state index >= 15 is 0 Å². The number of carbonyl (C=O) groups excluding carboxylic acids is 2. The Kier molecular flexibility index (Phi) is 9.73. The summed E-state index contributed by atoms with van der Waals surface area (Å²) in [6.45, 7) is 1.63. The number of nitrogens with one attached hydrogen (secondary N) is 1. The van der Waals surface area contributed by atoms with Gasteiger partial charge in [-0.15, -0.1) is 0 Å². The van der Waals surface area contributed by atoms with Crippen LogP contribution in [0, 0.1) is 5.82 Å². The predicted octanol–water partition coefficient (Wildman–Crippen LogP) is 4.50. The van der Waals surface area contributed by atoms with Gasteiger partial charge >= 0.3 is 0 Å². The fourth-order valence-electron chi connectivity index (χ4n) is 4.42. The van der Waals surface area contributed by atoms with Gasteiger partial charge in [0.2, 0.25) is 21.8 Å². The van der Waals surface area contributed by atoms with Gasteiger partial charge in [0.05, 0.1) is 11.9 Å². The highest BCUT2D eigenvalue weighted by Gasteiger charge is 2.29. The molecule has 0 heterocycles. The minimum atomic E-state index is -3.61. The van der Waals surface area contributed by atoms with E-state index in [-0.39, 0.29) is 43.8 Å². The molecule has 2 aromatic carbocycles. The molecule has 1 atom stereocenters. The molecule has 0 aliphatic heterocycles. The number of sulfonamides is 1. The van der Waals surface area contributed by atoms with Gasteiger partial charge in [0.15, 0.2) is 0 Å². The van der Waals surface area contributed by atoms with Crippen LogP contribution in [0.25, 0.3) is 0 Å². The first-order valence-electron chi connectivity index (χ1n) is 12.1. The lowest BCUT2D eigenvalue weighted by Gasteiger charge is -2.30. The van der Waals surface area contributed by atoms with E-state index in [2.05, 4.69) is 5.32 Å². The topological polar surface area (TPSA) is 86.8 Å². The Labute approximate surface area is 217 Å². The lowest BCUT2D eigenvalue weighted by molar-refractivity contribution is -0.141.